The van der Waals surface area contributed by atoms with E-state index in [0.717, 1.165) is 0 Å². The molecule has 0 heterocycles. The molecule has 3 heteroatoms. The van der Waals surface area contributed by atoms with Crippen LogP contribution in [0.15, 0.2) is 0 Å². The molecule has 52 valence electrons. The number of hydrogen-bond donors (Lipinski definition) is 1. The fourth-order valence-electron chi connectivity index (χ4n) is 0.412. The molecule has 9 heavy (non-hydrogen) atoms. The van der Waals surface area contributed by atoms with Gasteiger partial charge in [-0.05, 0) is 13.3 Å². The maximum atomic E-state index is 11.7. The Morgan fingerprint density at radius 2 is 2.33 bits per heavy atom. The number of halogens is 1. The zero-order valence-electron chi connectivity index (χ0n) is 5.52. The molecular formula is C6H11FN2. The van der Waals surface area contributed by atoms with Gasteiger partial charge in [0, 0.05) is 6.54 Å². The van der Waals surface area contributed by atoms with E-state index in [2.05, 4.69) is 0 Å². The van der Waals surface area contributed by atoms with Gasteiger partial charge in [-0.2, -0.15) is 5.26 Å². The van der Waals surface area contributed by atoms with Gasteiger partial charge in [0.2, 0.25) is 0 Å². The van der Waals surface area contributed by atoms with Crippen molar-refractivity contribution in [3.8, 4) is 6.07 Å². The lowest BCUT2D eigenvalue weighted by Gasteiger charge is -2.15. The van der Waals surface area contributed by atoms with Crippen LogP contribution in [0, 0.1) is 16.7 Å². The molecule has 2 N–H and O–H groups in total. The highest BCUT2D eigenvalue weighted by atomic mass is 19.1. The molecule has 1 unspecified atom stereocenters. The minimum Gasteiger partial charge on any atom is -0.329 e. The van der Waals surface area contributed by atoms with Crippen LogP contribution >= 0.6 is 0 Å². The zero-order valence-corrected chi connectivity index (χ0v) is 5.52. The van der Waals surface area contributed by atoms with Gasteiger partial charge in [-0.15, -0.1) is 0 Å². The summed E-state index contributed by atoms with van der Waals surface area (Å²) in [5.74, 6) is 0. The lowest BCUT2D eigenvalue weighted by molar-refractivity contribution is 0.343. The van der Waals surface area contributed by atoms with Gasteiger partial charge in [0.25, 0.3) is 0 Å². The number of nitrogens with zero attached hydrogens (tertiary/aromatic N) is 1. The molecule has 0 fully saturated rings. The van der Waals surface area contributed by atoms with E-state index >= 15 is 0 Å². The standard InChI is InChI=1S/C6H11FN2/c1-6(4-8,5-9)2-3-7/h2-4,8H2,1H3. The minimum absolute atomic E-state index is 0.230. The Morgan fingerprint density at radius 1 is 1.78 bits per heavy atom. The monoisotopic (exact) mass is 130 g/mol. The van der Waals surface area contributed by atoms with Crippen LogP contribution in [0.1, 0.15) is 13.3 Å². The van der Waals surface area contributed by atoms with Crippen molar-refractivity contribution in [2.45, 2.75) is 13.3 Å². The molecule has 0 amide bonds. The molecule has 0 aromatic carbocycles. The van der Waals surface area contributed by atoms with Gasteiger partial charge in [-0.25, -0.2) is 0 Å². The molecule has 0 radical (unpaired) electrons. The Labute approximate surface area is 54.5 Å². The Balaban J connectivity index is 3.81. The highest BCUT2D eigenvalue weighted by molar-refractivity contribution is 4.95. The topological polar surface area (TPSA) is 49.8 Å². The first-order chi connectivity index (χ1) is 4.18. The van der Waals surface area contributed by atoms with Crippen LogP contribution in [0.25, 0.3) is 0 Å². The summed E-state index contributed by atoms with van der Waals surface area (Å²) in [5, 5.41) is 8.42. The number of hydrogen-bond acceptors (Lipinski definition) is 2. The van der Waals surface area contributed by atoms with Crippen LogP contribution in [0.3, 0.4) is 0 Å². The fourth-order valence-corrected chi connectivity index (χ4v) is 0.412. The van der Waals surface area contributed by atoms with Crippen molar-refractivity contribution in [2.24, 2.45) is 11.1 Å². The molecule has 0 aliphatic carbocycles. The lowest BCUT2D eigenvalue weighted by Crippen LogP contribution is -2.25. The number of alkyl halides is 1. The first-order valence-electron chi connectivity index (χ1n) is 2.86. The maximum absolute atomic E-state index is 11.7. The van der Waals surface area contributed by atoms with Gasteiger partial charge in [-0.1, -0.05) is 0 Å². The molecular weight excluding hydrogens is 119 g/mol. The molecule has 0 aromatic rings. The molecule has 0 spiro atoms. The molecule has 0 saturated carbocycles. The van der Waals surface area contributed by atoms with Gasteiger partial charge in [0.05, 0.1) is 18.2 Å². The van der Waals surface area contributed by atoms with Crippen molar-refractivity contribution in [1.82, 2.24) is 0 Å². The second-order valence-corrected chi connectivity index (χ2v) is 2.32. The van der Waals surface area contributed by atoms with E-state index in [9.17, 15) is 4.39 Å². The number of nitriles is 1. The molecule has 2 nitrogen and oxygen atoms in total. The smallest absolute Gasteiger partial charge is 0.0910 e. The number of rotatable bonds is 3. The Morgan fingerprint density at radius 3 is 2.44 bits per heavy atom. The van der Waals surface area contributed by atoms with Gasteiger partial charge < -0.3 is 5.73 Å². The van der Waals surface area contributed by atoms with Crippen LogP contribution in [0.2, 0.25) is 0 Å². The average molecular weight is 130 g/mol. The first-order valence-corrected chi connectivity index (χ1v) is 2.86. The van der Waals surface area contributed by atoms with Crippen molar-refractivity contribution in [1.29, 1.82) is 5.26 Å². The normalized spacial score (nSPS) is 16.2. The van der Waals surface area contributed by atoms with Crippen molar-refractivity contribution in [3.63, 3.8) is 0 Å². The largest absolute Gasteiger partial charge is 0.329 e. The molecule has 0 saturated heterocycles. The molecule has 0 aliphatic heterocycles. The SMILES string of the molecule is CC(C#N)(CN)CCF. The summed E-state index contributed by atoms with van der Waals surface area (Å²) in [7, 11) is 0. The second-order valence-electron chi connectivity index (χ2n) is 2.32. The van der Waals surface area contributed by atoms with E-state index in [4.69, 9.17) is 11.0 Å². The highest BCUT2D eigenvalue weighted by Crippen LogP contribution is 2.17. The lowest BCUT2D eigenvalue weighted by atomic mass is 9.90. The summed E-state index contributed by atoms with van der Waals surface area (Å²) < 4.78 is 11.7. The van der Waals surface area contributed by atoms with Gasteiger partial charge in [-0.3, -0.25) is 4.39 Å². The van der Waals surface area contributed by atoms with E-state index in [1.807, 2.05) is 6.07 Å². The van der Waals surface area contributed by atoms with Crippen LogP contribution in [-0.2, 0) is 0 Å². The highest BCUT2D eigenvalue weighted by Gasteiger charge is 2.20. The summed E-state index contributed by atoms with van der Waals surface area (Å²) in [5.41, 5.74) is 4.56. The quantitative estimate of drug-likeness (QED) is 0.615. The van der Waals surface area contributed by atoms with E-state index in [0.29, 0.717) is 0 Å². The predicted octanol–water partition coefficient (Wildman–Crippen LogP) is 0.835. The van der Waals surface area contributed by atoms with Crippen LogP contribution < -0.4 is 5.73 Å². The minimum atomic E-state index is -0.658. The molecule has 0 aliphatic rings. The van der Waals surface area contributed by atoms with E-state index in [-0.39, 0.29) is 13.0 Å². The summed E-state index contributed by atoms with van der Waals surface area (Å²) in [6.45, 7) is 1.42. The predicted molar refractivity (Wildman–Crippen MR) is 33.4 cm³/mol. The summed E-state index contributed by atoms with van der Waals surface area (Å²) in [6, 6.07) is 1.96. The van der Waals surface area contributed by atoms with Crippen molar-refractivity contribution in [3.05, 3.63) is 0 Å². The third kappa shape index (κ3) is 2.43. The summed E-state index contributed by atoms with van der Waals surface area (Å²) >= 11 is 0. The van der Waals surface area contributed by atoms with Crippen LogP contribution in [0.4, 0.5) is 4.39 Å². The third-order valence-corrected chi connectivity index (χ3v) is 1.37. The maximum Gasteiger partial charge on any atom is 0.0910 e. The fraction of sp³-hybridized carbons (Fsp3) is 0.833. The van der Waals surface area contributed by atoms with E-state index in [1.165, 1.54) is 0 Å². The van der Waals surface area contributed by atoms with Gasteiger partial charge in [0.1, 0.15) is 0 Å². The van der Waals surface area contributed by atoms with Crippen LogP contribution in [0.5, 0.6) is 0 Å². The number of nitrogens with two attached hydrogens (primary N) is 1. The first kappa shape index (κ1) is 8.38. The van der Waals surface area contributed by atoms with Gasteiger partial charge >= 0.3 is 0 Å². The van der Waals surface area contributed by atoms with Crippen molar-refractivity contribution < 1.29 is 4.39 Å². The van der Waals surface area contributed by atoms with Crippen LogP contribution in [-0.4, -0.2) is 13.2 Å². The molecule has 0 rings (SSSR count). The van der Waals surface area contributed by atoms with Crippen molar-refractivity contribution in [2.75, 3.05) is 13.2 Å². The Hall–Kier alpha value is -0.620. The van der Waals surface area contributed by atoms with Gasteiger partial charge in [0.15, 0.2) is 0 Å². The summed E-state index contributed by atoms with van der Waals surface area (Å²) in [4.78, 5) is 0. The summed E-state index contributed by atoms with van der Waals surface area (Å²) in [6.07, 6.45) is 0.236. The molecule has 1 atom stereocenters. The Kier molecular flexibility index (Phi) is 3.18. The average Bonchev–Trinajstić information content (AvgIpc) is 1.89. The van der Waals surface area contributed by atoms with E-state index in [1.54, 1.807) is 6.92 Å². The third-order valence-electron chi connectivity index (χ3n) is 1.37. The van der Waals surface area contributed by atoms with E-state index < -0.39 is 12.1 Å². The second kappa shape index (κ2) is 3.41. The molecule has 0 aromatic heterocycles. The molecule has 0 bridgehead atoms. The Bertz CT molecular complexity index is 119. The zero-order chi connectivity index (χ0) is 7.33. The van der Waals surface area contributed by atoms with Crippen molar-refractivity contribution >= 4 is 0 Å².